The molecule has 0 amide bonds. The summed E-state index contributed by atoms with van der Waals surface area (Å²) in [5.74, 6) is -0.0240. The molecule has 5 heteroatoms. The van der Waals surface area contributed by atoms with Crippen LogP contribution in [0.25, 0.3) is 0 Å². The van der Waals surface area contributed by atoms with Crippen molar-refractivity contribution in [3.05, 3.63) is 35.4 Å². The van der Waals surface area contributed by atoms with Crippen LogP contribution >= 0.6 is 0 Å². The minimum Gasteiger partial charge on any atom is -0.326 e. The van der Waals surface area contributed by atoms with Crippen LogP contribution in [-0.4, -0.2) is 14.0 Å². The molecule has 0 aliphatic carbocycles. The predicted molar refractivity (Wildman–Crippen MR) is 74.5 cm³/mol. The Morgan fingerprint density at radius 3 is 2.28 bits per heavy atom. The van der Waals surface area contributed by atoms with Gasteiger partial charge in [0.25, 0.3) is 0 Å². The summed E-state index contributed by atoms with van der Waals surface area (Å²) >= 11 is 0. The average Bonchev–Trinajstić information content (AvgIpc) is 2.28. The molecule has 0 radical (unpaired) electrons. The maximum absolute atomic E-state index is 12.1. The van der Waals surface area contributed by atoms with Crippen molar-refractivity contribution in [1.82, 2.24) is 4.72 Å². The lowest BCUT2D eigenvalue weighted by molar-refractivity contribution is 0.439. The molecule has 102 valence electrons. The summed E-state index contributed by atoms with van der Waals surface area (Å²) in [5, 5.41) is 0. The Balaban J connectivity index is 2.89. The van der Waals surface area contributed by atoms with E-state index in [0.717, 1.165) is 17.5 Å². The molecule has 3 N–H and O–H groups in total. The van der Waals surface area contributed by atoms with Crippen molar-refractivity contribution >= 4 is 10.0 Å². The normalized spacial score (nSPS) is 12.7. The smallest absolute Gasteiger partial charge is 0.216 e. The van der Waals surface area contributed by atoms with E-state index >= 15 is 0 Å². The first-order valence-electron chi connectivity index (χ1n) is 6.08. The fourth-order valence-electron chi connectivity index (χ4n) is 1.63. The van der Waals surface area contributed by atoms with Crippen molar-refractivity contribution in [3.8, 4) is 0 Å². The monoisotopic (exact) mass is 270 g/mol. The molecule has 0 unspecified atom stereocenters. The van der Waals surface area contributed by atoms with Crippen LogP contribution < -0.4 is 10.5 Å². The van der Waals surface area contributed by atoms with Crippen molar-refractivity contribution in [2.45, 2.75) is 45.0 Å². The van der Waals surface area contributed by atoms with E-state index < -0.39 is 15.6 Å². The highest BCUT2D eigenvalue weighted by molar-refractivity contribution is 7.88. The van der Waals surface area contributed by atoms with Crippen LogP contribution in [0, 0.1) is 0 Å². The topological polar surface area (TPSA) is 72.2 Å². The highest BCUT2D eigenvalue weighted by atomic mass is 32.2. The van der Waals surface area contributed by atoms with Crippen LogP contribution in [0.15, 0.2) is 24.3 Å². The zero-order chi connectivity index (χ0) is 13.8. The molecule has 0 heterocycles. The van der Waals surface area contributed by atoms with E-state index in [4.69, 9.17) is 5.73 Å². The van der Waals surface area contributed by atoms with E-state index in [1.807, 2.05) is 39.0 Å². The van der Waals surface area contributed by atoms with Gasteiger partial charge in [-0.2, -0.15) is 0 Å². The standard InChI is InChI=1S/C13H22N2O2S/c1-4-13(2,3)15-18(16,17)10-12-8-6-5-7-11(12)9-14/h5-8,15H,4,9-10,14H2,1-3H3. The van der Waals surface area contributed by atoms with Gasteiger partial charge in [0.05, 0.1) is 5.75 Å². The molecule has 1 aromatic carbocycles. The maximum Gasteiger partial charge on any atom is 0.216 e. The van der Waals surface area contributed by atoms with Crippen molar-refractivity contribution in [1.29, 1.82) is 0 Å². The number of hydrogen-bond acceptors (Lipinski definition) is 3. The molecule has 0 atom stereocenters. The molecule has 4 nitrogen and oxygen atoms in total. The van der Waals surface area contributed by atoms with Gasteiger partial charge in [0.15, 0.2) is 0 Å². The molecule has 0 aliphatic heterocycles. The number of benzene rings is 1. The maximum atomic E-state index is 12.1. The Morgan fingerprint density at radius 2 is 1.78 bits per heavy atom. The second kappa shape index (κ2) is 5.82. The van der Waals surface area contributed by atoms with Gasteiger partial charge in [0.1, 0.15) is 0 Å². The van der Waals surface area contributed by atoms with Gasteiger partial charge in [-0.1, -0.05) is 31.2 Å². The van der Waals surface area contributed by atoms with Crippen LogP contribution in [0.5, 0.6) is 0 Å². The molecule has 0 spiro atoms. The number of nitrogens with one attached hydrogen (secondary N) is 1. The highest BCUT2D eigenvalue weighted by Gasteiger charge is 2.23. The number of sulfonamides is 1. The Labute approximate surface area is 110 Å². The van der Waals surface area contributed by atoms with E-state index in [9.17, 15) is 8.42 Å². The minimum absolute atomic E-state index is 0.0240. The van der Waals surface area contributed by atoms with Crippen LogP contribution in [0.4, 0.5) is 0 Å². The fraction of sp³-hybridized carbons (Fsp3) is 0.538. The molecule has 0 aliphatic rings. The lowest BCUT2D eigenvalue weighted by Gasteiger charge is -2.24. The zero-order valence-corrected chi connectivity index (χ0v) is 12.0. The van der Waals surface area contributed by atoms with Gasteiger partial charge in [-0.25, -0.2) is 13.1 Å². The van der Waals surface area contributed by atoms with Gasteiger partial charge < -0.3 is 5.73 Å². The van der Waals surface area contributed by atoms with E-state index in [-0.39, 0.29) is 5.75 Å². The van der Waals surface area contributed by atoms with E-state index in [1.165, 1.54) is 0 Å². The molecule has 18 heavy (non-hydrogen) atoms. The summed E-state index contributed by atoms with van der Waals surface area (Å²) in [7, 11) is -3.34. The Bertz CT molecular complexity index is 495. The number of hydrogen-bond donors (Lipinski definition) is 2. The molecule has 0 fully saturated rings. The summed E-state index contributed by atoms with van der Waals surface area (Å²) in [5.41, 5.74) is 6.82. The first-order valence-corrected chi connectivity index (χ1v) is 7.73. The average molecular weight is 270 g/mol. The van der Waals surface area contributed by atoms with Gasteiger partial charge in [0.2, 0.25) is 10.0 Å². The van der Waals surface area contributed by atoms with Gasteiger partial charge in [-0.05, 0) is 31.4 Å². The summed E-state index contributed by atoms with van der Waals surface area (Å²) in [6.45, 7) is 6.05. The molecule has 0 aromatic heterocycles. The van der Waals surface area contributed by atoms with Crippen molar-refractivity contribution in [2.24, 2.45) is 5.73 Å². The Kier molecular flexibility index (Phi) is 4.90. The first-order chi connectivity index (χ1) is 8.29. The molecule has 0 saturated carbocycles. The molecular weight excluding hydrogens is 248 g/mol. The zero-order valence-electron chi connectivity index (χ0n) is 11.2. The third-order valence-electron chi connectivity index (χ3n) is 3.00. The minimum atomic E-state index is -3.34. The van der Waals surface area contributed by atoms with Gasteiger partial charge in [-0.15, -0.1) is 0 Å². The summed E-state index contributed by atoms with van der Waals surface area (Å²) < 4.78 is 26.9. The highest BCUT2D eigenvalue weighted by Crippen LogP contribution is 2.15. The summed E-state index contributed by atoms with van der Waals surface area (Å²) in [4.78, 5) is 0. The van der Waals surface area contributed by atoms with E-state index in [1.54, 1.807) is 6.07 Å². The third kappa shape index (κ3) is 4.40. The quantitative estimate of drug-likeness (QED) is 0.827. The first kappa shape index (κ1) is 15.1. The van der Waals surface area contributed by atoms with E-state index in [0.29, 0.717) is 6.54 Å². The van der Waals surface area contributed by atoms with Gasteiger partial charge in [-0.3, -0.25) is 0 Å². The summed E-state index contributed by atoms with van der Waals surface area (Å²) in [6.07, 6.45) is 0.741. The van der Waals surface area contributed by atoms with Gasteiger partial charge in [0, 0.05) is 12.1 Å². The van der Waals surface area contributed by atoms with E-state index in [2.05, 4.69) is 4.72 Å². The molecule has 0 bridgehead atoms. The second-order valence-corrected chi connectivity index (χ2v) is 6.79. The Hall–Kier alpha value is -0.910. The summed E-state index contributed by atoms with van der Waals surface area (Å²) in [6, 6.07) is 7.35. The molecule has 1 rings (SSSR count). The lowest BCUT2D eigenvalue weighted by Crippen LogP contribution is -2.43. The van der Waals surface area contributed by atoms with Crippen molar-refractivity contribution < 1.29 is 8.42 Å². The number of rotatable bonds is 6. The molecular formula is C13H22N2O2S. The predicted octanol–water partition coefficient (Wildman–Crippen LogP) is 1.75. The SMILES string of the molecule is CCC(C)(C)NS(=O)(=O)Cc1ccccc1CN. The molecule has 0 saturated heterocycles. The molecule has 1 aromatic rings. The third-order valence-corrected chi connectivity index (χ3v) is 4.55. The van der Waals surface area contributed by atoms with Crippen LogP contribution in [0.1, 0.15) is 38.3 Å². The van der Waals surface area contributed by atoms with Crippen LogP contribution in [-0.2, 0) is 22.3 Å². The van der Waals surface area contributed by atoms with Crippen molar-refractivity contribution in [2.75, 3.05) is 0 Å². The van der Waals surface area contributed by atoms with Crippen LogP contribution in [0.3, 0.4) is 0 Å². The van der Waals surface area contributed by atoms with Crippen LogP contribution in [0.2, 0.25) is 0 Å². The largest absolute Gasteiger partial charge is 0.326 e. The Morgan fingerprint density at radius 1 is 1.22 bits per heavy atom. The van der Waals surface area contributed by atoms with Gasteiger partial charge >= 0.3 is 0 Å². The fourth-order valence-corrected chi connectivity index (χ4v) is 3.38. The second-order valence-electron chi connectivity index (χ2n) is 5.07. The number of nitrogens with two attached hydrogens (primary N) is 1. The lowest BCUT2D eigenvalue weighted by atomic mass is 10.0. The van der Waals surface area contributed by atoms with Crippen molar-refractivity contribution in [3.63, 3.8) is 0 Å².